The maximum atomic E-state index is 12.9. The summed E-state index contributed by atoms with van der Waals surface area (Å²) in [5.41, 5.74) is -1.37. The molecule has 3 aliphatic heterocycles. The Morgan fingerprint density at radius 3 is 2.68 bits per heavy atom. The molecule has 4 atom stereocenters. The van der Waals surface area contributed by atoms with Crippen molar-refractivity contribution in [2.45, 2.75) is 18.1 Å². The standard InChI is InChI=1S/C16H14BrNO4/c1-15-5-6-16(8-19,22-15)12-11(15)13(20)18(14(12)21)10-4-2-3-9(17)7-10/h2-7,11-12,19H,8H2,1H3/t11-,12+,15-,16-/m1/s1. The topological polar surface area (TPSA) is 66.8 Å². The van der Waals surface area contributed by atoms with Crippen LogP contribution in [0, 0.1) is 11.8 Å². The van der Waals surface area contributed by atoms with Crippen LogP contribution in [0.3, 0.4) is 0 Å². The smallest absolute Gasteiger partial charge is 0.241 e. The molecule has 1 N–H and O–H groups in total. The number of hydrogen-bond donors (Lipinski definition) is 1. The summed E-state index contributed by atoms with van der Waals surface area (Å²) in [6.07, 6.45) is 3.52. The lowest BCUT2D eigenvalue weighted by atomic mass is 9.73. The van der Waals surface area contributed by atoms with Crippen molar-refractivity contribution >= 4 is 33.4 Å². The van der Waals surface area contributed by atoms with Gasteiger partial charge in [-0.05, 0) is 25.1 Å². The van der Waals surface area contributed by atoms with E-state index < -0.39 is 23.0 Å². The van der Waals surface area contributed by atoms with Gasteiger partial charge in [-0.3, -0.25) is 9.59 Å². The molecule has 1 aromatic carbocycles. The third kappa shape index (κ3) is 1.55. The Hall–Kier alpha value is -1.50. The predicted octanol–water partition coefficient (Wildman–Crippen LogP) is 1.64. The lowest BCUT2D eigenvalue weighted by molar-refractivity contribution is -0.131. The van der Waals surface area contributed by atoms with Crippen molar-refractivity contribution in [3.8, 4) is 0 Å². The molecule has 6 heteroatoms. The molecule has 1 aromatic rings. The molecule has 2 amide bonds. The second-order valence-corrected chi connectivity index (χ2v) is 7.10. The van der Waals surface area contributed by atoms with Crippen LogP contribution in [0.2, 0.25) is 0 Å². The summed E-state index contributed by atoms with van der Waals surface area (Å²) < 4.78 is 6.67. The van der Waals surface area contributed by atoms with Crippen molar-refractivity contribution in [1.29, 1.82) is 0 Å². The molecule has 0 spiro atoms. The van der Waals surface area contributed by atoms with Crippen molar-refractivity contribution in [3.05, 3.63) is 40.9 Å². The minimum absolute atomic E-state index is 0.268. The van der Waals surface area contributed by atoms with Crippen molar-refractivity contribution < 1.29 is 19.4 Å². The number of carbonyl (C=O) groups excluding carboxylic acids is 2. The SMILES string of the molecule is C[C@]12C=C[C@](CO)(O1)[C@@H]1C(=O)N(c3cccc(Br)c3)C(=O)[C@@H]12. The fourth-order valence-corrected chi connectivity index (χ4v) is 4.30. The van der Waals surface area contributed by atoms with Crippen LogP contribution in [0.4, 0.5) is 5.69 Å². The molecule has 3 aliphatic rings. The van der Waals surface area contributed by atoms with Crippen molar-refractivity contribution in [2.24, 2.45) is 11.8 Å². The maximum Gasteiger partial charge on any atom is 0.241 e. The predicted molar refractivity (Wildman–Crippen MR) is 82.1 cm³/mol. The lowest BCUT2D eigenvalue weighted by Crippen LogP contribution is -2.43. The number of carbonyl (C=O) groups is 2. The highest BCUT2D eigenvalue weighted by atomic mass is 79.9. The van der Waals surface area contributed by atoms with E-state index in [9.17, 15) is 14.7 Å². The molecule has 22 heavy (non-hydrogen) atoms. The zero-order valence-corrected chi connectivity index (χ0v) is 13.4. The highest BCUT2D eigenvalue weighted by Crippen LogP contribution is 2.57. The maximum absolute atomic E-state index is 12.9. The molecule has 2 saturated heterocycles. The Balaban J connectivity index is 1.82. The van der Waals surface area contributed by atoms with E-state index in [2.05, 4.69) is 15.9 Å². The van der Waals surface area contributed by atoms with E-state index in [4.69, 9.17) is 4.74 Å². The molecule has 0 aromatic heterocycles. The highest BCUT2D eigenvalue weighted by Gasteiger charge is 2.72. The molecule has 4 rings (SSSR count). The zero-order chi connectivity index (χ0) is 15.7. The van der Waals surface area contributed by atoms with Gasteiger partial charge >= 0.3 is 0 Å². The van der Waals surface area contributed by atoms with Crippen LogP contribution in [0.25, 0.3) is 0 Å². The van der Waals surface area contributed by atoms with Crippen LogP contribution in [0.15, 0.2) is 40.9 Å². The molecule has 0 unspecified atom stereocenters. The van der Waals surface area contributed by atoms with Gasteiger partial charge in [0, 0.05) is 4.47 Å². The minimum atomic E-state index is -1.08. The summed E-state index contributed by atoms with van der Waals surface area (Å²) in [6.45, 7) is 1.48. The molecule has 0 saturated carbocycles. The van der Waals surface area contributed by atoms with Gasteiger partial charge in [0.25, 0.3) is 0 Å². The Morgan fingerprint density at radius 2 is 2.00 bits per heavy atom. The van der Waals surface area contributed by atoms with E-state index in [-0.39, 0.29) is 18.4 Å². The Bertz CT molecular complexity index is 733. The number of rotatable bonds is 2. The van der Waals surface area contributed by atoms with Gasteiger partial charge in [-0.15, -0.1) is 0 Å². The molecular formula is C16H14BrNO4. The quantitative estimate of drug-likeness (QED) is 0.640. The average molecular weight is 364 g/mol. The minimum Gasteiger partial charge on any atom is -0.393 e. The largest absolute Gasteiger partial charge is 0.393 e. The monoisotopic (exact) mass is 363 g/mol. The number of hydrogen-bond acceptors (Lipinski definition) is 4. The van der Waals surface area contributed by atoms with Crippen LogP contribution in [0.5, 0.6) is 0 Å². The first-order chi connectivity index (χ1) is 10.4. The van der Waals surface area contributed by atoms with Gasteiger partial charge in [-0.25, -0.2) is 4.90 Å². The fraction of sp³-hybridized carbons (Fsp3) is 0.375. The number of aliphatic hydroxyl groups excluding tert-OH is 1. The van der Waals surface area contributed by atoms with Crippen LogP contribution in [0.1, 0.15) is 6.92 Å². The third-order valence-electron chi connectivity index (χ3n) is 4.87. The van der Waals surface area contributed by atoms with Gasteiger partial charge in [0.1, 0.15) is 5.60 Å². The molecular weight excluding hydrogens is 350 g/mol. The Labute approximate surface area is 135 Å². The highest BCUT2D eigenvalue weighted by molar-refractivity contribution is 9.10. The molecule has 5 nitrogen and oxygen atoms in total. The summed E-state index contributed by atoms with van der Waals surface area (Å²) >= 11 is 3.35. The second kappa shape index (κ2) is 4.28. The van der Waals surface area contributed by atoms with Gasteiger partial charge in [-0.1, -0.05) is 34.1 Å². The molecule has 3 heterocycles. The number of anilines is 1. The summed E-state index contributed by atoms with van der Waals surface area (Å²) in [6, 6.07) is 7.08. The van der Waals surface area contributed by atoms with Gasteiger partial charge in [0.15, 0.2) is 0 Å². The zero-order valence-electron chi connectivity index (χ0n) is 11.8. The number of nitrogens with zero attached hydrogens (tertiary/aromatic N) is 1. The summed E-state index contributed by atoms with van der Waals surface area (Å²) in [4.78, 5) is 26.9. The van der Waals surface area contributed by atoms with Crippen LogP contribution in [-0.4, -0.2) is 34.7 Å². The molecule has 0 aliphatic carbocycles. The van der Waals surface area contributed by atoms with E-state index in [1.54, 1.807) is 37.3 Å². The van der Waals surface area contributed by atoms with Gasteiger partial charge in [0.2, 0.25) is 11.8 Å². The Kier molecular flexibility index (Phi) is 2.74. The Morgan fingerprint density at radius 1 is 1.27 bits per heavy atom. The van der Waals surface area contributed by atoms with E-state index in [0.29, 0.717) is 5.69 Å². The van der Waals surface area contributed by atoms with Gasteiger partial charge < -0.3 is 9.84 Å². The first-order valence-corrected chi connectivity index (χ1v) is 7.86. The number of ether oxygens (including phenoxy) is 1. The number of benzene rings is 1. The van der Waals surface area contributed by atoms with E-state index in [1.165, 1.54) is 4.90 Å². The average Bonchev–Trinajstić information content (AvgIpc) is 3.05. The number of amides is 2. The summed E-state index contributed by atoms with van der Waals surface area (Å²) in [5, 5.41) is 9.74. The molecule has 114 valence electrons. The molecule has 2 bridgehead atoms. The van der Waals surface area contributed by atoms with Crippen LogP contribution in [-0.2, 0) is 14.3 Å². The number of halogens is 1. The second-order valence-electron chi connectivity index (χ2n) is 6.18. The molecule has 2 fully saturated rings. The van der Waals surface area contributed by atoms with Crippen LogP contribution >= 0.6 is 15.9 Å². The lowest BCUT2D eigenvalue weighted by Gasteiger charge is -2.27. The number of imide groups is 1. The van der Waals surface area contributed by atoms with Crippen molar-refractivity contribution in [3.63, 3.8) is 0 Å². The summed E-state index contributed by atoms with van der Waals surface area (Å²) in [7, 11) is 0. The number of fused-ring (bicyclic) bond motifs is 5. The fourth-order valence-electron chi connectivity index (χ4n) is 3.91. The van der Waals surface area contributed by atoms with E-state index in [1.807, 2.05) is 6.07 Å². The van der Waals surface area contributed by atoms with Crippen molar-refractivity contribution in [2.75, 3.05) is 11.5 Å². The first-order valence-electron chi connectivity index (χ1n) is 7.07. The first kappa shape index (κ1) is 14.1. The summed E-state index contributed by atoms with van der Waals surface area (Å²) in [5.74, 6) is -1.83. The van der Waals surface area contributed by atoms with E-state index >= 15 is 0 Å². The molecule has 0 radical (unpaired) electrons. The van der Waals surface area contributed by atoms with Crippen molar-refractivity contribution in [1.82, 2.24) is 0 Å². The van der Waals surface area contributed by atoms with Gasteiger partial charge in [0.05, 0.1) is 29.7 Å². The number of aliphatic hydroxyl groups is 1. The normalized spacial score (nSPS) is 39.0. The van der Waals surface area contributed by atoms with Crippen LogP contribution < -0.4 is 4.90 Å². The van der Waals surface area contributed by atoms with E-state index in [0.717, 1.165) is 4.47 Å². The third-order valence-corrected chi connectivity index (χ3v) is 5.36. The van der Waals surface area contributed by atoms with Gasteiger partial charge in [-0.2, -0.15) is 0 Å².